The second kappa shape index (κ2) is 6.97. The number of carbonyl (C=O) groups excluding carboxylic acids is 2. The van der Waals surface area contributed by atoms with Gasteiger partial charge in [0, 0.05) is 15.6 Å². The molecule has 0 saturated carbocycles. The predicted octanol–water partition coefficient (Wildman–Crippen LogP) is 2.66. The molecule has 2 aromatic rings. The number of ketones is 1. The lowest BCUT2D eigenvalue weighted by Crippen LogP contribution is -2.42. The number of amides is 1. The lowest BCUT2D eigenvalue weighted by atomic mass is 9.88. The number of benzene rings is 2. The molecule has 6 nitrogen and oxygen atoms in total. The van der Waals surface area contributed by atoms with E-state index in [0.717, 1.165) is 0 Å². The largest absolute Gasteiger partial charge is 0.486 e. The Balaban J connectivity index is 1.69. The first-order valence-electron chi connectivity index (χ1n) is 8.65. The highest BCUT2D eigenvalue weighted by molar-refractivity contribution is 9.10. The Bertz CT molecular complexity index is 1030. The van der Waals surface area contributed by atoms with Gasteiger partial charge in [0.15, 0.2) is 22.9 Å². The SMILES string of the molecule is C#CCN1C(=O)C(O)(CC(=O)c2ccc3c(c2)OCCO3)c2cc(Br)ccc21. The van der Waals surface area contributed by atoms with Crippen molar-refractivity contribution in [1.29, 1.82) is 0 Å². The number of ether oxygens (including phenoxy) is 2. The zero-order valence-electron chi connectivity index (χ0n) is 14.8. The molecule has 0 saturated heterocycles. The minimum Gasteiger partial charge on any atom is -0.486 e. The zero-order chi connectivity index (χ0) is 19.9. The Labute approximate surface area is 170 Å². The maximum atomic E-state index is 13.0. The van der Waals surface area contributed by atoms with E-state index in [4.69, 9.17) is 15.9 Å². The number of aliphatic hydroxyl groups is 1. The smallest absolute Gasteiger partial charge is 0.265 e. The first-order chi connectivity index (χ1) is 13.4. The van der Waals surface area contributed by atoms with E-state index in [-0.39, 0.29) is 12.3 Å². The fourth-order valence-electron chi connectivity index (χ4n) is 3.49. The molecule has 2 aromatic carbocycles. The molecule has 0 radical (unpaired) electrons. The monoisotopic (exact) mass is 441 g/mol. The average molecular weight is 442 g/mol. The van der Waals surface area contributed by atoms with E-state index in [2.05, 4.69) is 21.9 Å². The normalized spacial score (nSPS) is 19.9. The molecule has 28 heavy (non-hydrogen) atoms. The molecule has 1 amide bonds. The van der Waals surface area contributed by atoms with E-state index in [0.29, 0.717) is 46.0 Å². The van der Waals surface area contributed by atoms with Gasteiger partial charge in [-0.3, -0.25) is 14.5 Å². The number of terminal acetylenes is 1. The van der Waals surface area contributed by atoms with Crippen LogP contribution in [-0.2, 0) is 10.4 Å². The molecule has 4 rings (SSSR count). The van der Waals surface area contributed by atoms with Crippen LogP contribution in [0.15, 0.2) is 40.9 Å². The summed E-state index contributed by atoms with van der Waals surface area (Å²) in [5.41, 5.74) is -0.797. The van der Waals surface area contributed by atoms with Gasteiger partial charge in [0.1, 0.15) is 13.2 Å². The van der Waals surface area contributed by atoms with Crippen LogP contribution in [0.4, 0.5) is 5.69 Å². The molecule has 0 bridgehead atoms. The second-order valence-electron chi connectivity index (χ2n) is 6.58. The first-order valence-corrected chi connectivity index (χ1v) is 9.44. The van der Waals surface area contributed by atoms with Crippen LogP contribution in [0.2, 0.25) is 0 Å². The van der Waals surface area contributed by atoms with Crippen LogP contribution in [0.5, 0.6) is 11.5 Å². The van der Waals surface area contributed by atoms with Crippen molar-refractivity contribution in [3.05, 3.63) is 52.0 Å². The van der Waals surface area contributed by atoms with E-state index >= 15 is 0 Å². The van der Waals surface area contributed by atoms with Gasteiger partial charge in [-0.15, -0.1) is 6.42 Å². The number of hydrogen-bond acceptors (Lipinski definition) is 5. The van der Waals surface area contributed by atoms with Gasteiger partial charge < -0.3 is 14.6 Å². The molecule has 2 aliphatic heterocycles. The highest BCUT2D eigenvalue weighted by Crippen LogP contribution is 2.44. The molecule has 0 fully saturated rings. The van der Waals surface area contributed by atoms with E-state index in [1.165, 1.54) is 4.90 Å². The summed E-state index contributed by atoms with van der Waals surface area (Å²) in [6, 6.07) is 9.91. The van der Waals surface area contributed by atoms with Crippen molar-refractivity contribution in [2.24, 2.45) is 0 Å². The van der Waals surface area contributed by atoms with Gasteiger partial charge in [0.2, 0.25) is 0 Å². The quantitative estimate of drug-likeness (QED) is 0.582. The lowest BCUT2D eigenvalue weighted by Gasteiger charge is -2.22. The summed E-state index contributed by atoms with van der Waals surface area (Å²) in [7, 11) is 0. The molecule has 2 aliphatic rings. The van der Waals surface area contributed by atoms with Crippen molar-refractivity contribution in [3.8, 4) is 23.8 Å². The van der Waals surface area contributed by atoms with E-state index in [9.17, 15) is 14.7 Å². The van der Waals surface area contributed by atoms with Gasteiger partial charge in [-0.25, -0.2) is 0 Å². The highest BCUT2D eigenvalue weighted by Gasteiger charge is 2.50. The molecule has 1 atom stereocenters. The number of nitrogens with zero attached hydrogens (tertiary/aromatic N) is 1. The molecule has 1 unspecified atom stereocenters. The van der Waals surface area contributed by atoms with Crippen LogP contribution in [0.3, 0.4) is 0 Å². The van der Waals surface area contributed by atoms with E-state index < -0.39 is 17.9 Å². The van der Waals surface area contributed by atoms with Gasteiger partial charge >= 0.3 is 0 Å². The van der Waals surface area contributed by atoms with Crippen LogP contribution >= 0.6 is 15.9 Å². The van der Waals surface area contributed by atoms with Gasteiger partial charge in [0.05, 0.1) is 18.7 Å². The Morgan fingerprint density at radius 1 is 1.21 bits per heavy atom. The second-order valence-corrected chi connectivity index (χ2v) is 7.49. The van der Waals surface area contributed by atoms with Crippen LogP contribution in [0.1, 0.15) is 22.3 Å². The third-order valence-corrected chi connectivity index (χ3v) is 5.32. The molecule has 0 aromatic heterocycles. The standard InChI is InChI=1S/C21H16BrNO5/c1-2-7-23-16-5-4-14(22)11-15(16)21(26,20(23)25)12-17(24)13-3-6-18-19(10-13)28-9-8-27-18/h1,3-6,10-11,26H,7-9,12H2. The summed E-state index contributed by atoms with van der Waals surface area (Å²) in [5, 5.41) is 11.2. The number of hydrogen-bond donors (Lipinski definition) is 1. The van der Waals surface area contributed by atoms with Crippen molar-refractivity contribution in [1.82, 2.24) is 0 Å². The van der Waals surface area contributed by atoms with Crippen LogP contribution in [-0.4, -0.2) is 36.6 Å². The Hall–Kier alpha value is -2.82. The Morgan fingerprint density at radius 2 is 1.96 bits per heavy atom. The molecule has 1 N–H and O–H groups in total. The number of fused-ring (bicyclic) bond motifs is 2. The summed E-state index contributed by atoms with van der Waals surface area (Å²) in [6.45, 7) is 0.856. The molecular weight excluding hydrogens is 426 g/mol. The number of halogens is 1. The number of anilines is 1. The maximum Gasteiger partial charge on any atom is 0.265 e. The van der Waals surface area contributed by atoms with Crippen LogP contribution < -0.4 is 14.4 Å². The van der Waals surface area contributed by atoms with E-state index in [1.807, 2.05) is 0 Å². The minimum atomic E-state index is -1.99. The van der Waals surface area contributed by atoms with Crippen molar-refractivity contribution >= 4 is 33.3 Å². The molecule has 0 spiro atoms. The summed E-state index contributed by atoms with van der Waals surface area (Å²) < 4.78 is 11.7. The third kappa shape index (κ3) is 2.95. The van der Waals surface area contributed by atoms with E-state index in [1.54, 1.807) is 36.4 Å². The summed E-state index contributed by atoms with van der Waals surface area (Å²) >= 11 is 3.35. The fourth-order valence-corrected chi connectivity index (χ4v) is 3.85. The third-order valence-electron chi connectivity index (χ3n) is 4.82. The van der Waals surface area contributed by atoms with Crippen molar-refractivity contribution in [2.75, 3.05) is 24.7 Å². The van der Waals surface area contributed by atoms with Crippen LogP contribution in [0.25, 0.3) is 0 Å². The summed E-state index contributed by atoms with van der Waals surface area (Å²) in [6.07, 6.45) is 4.97. The van der Waals surface area contributed by atoms with Gasteiger partial charge in [0.25, 0.3) is 5.91 Å². The first kappa shape index (κ1) is 18.5. The zero-order valence-corrected chi connectivity index (χ0v) is 16.4. The number of carbonyl (C=O) groups is 2. The van der Waals surface area contributed by atoms with Gasteiger partial charge in [-0.2, -0.15) is 0 Å². The lowest BCUT2D eigenvalue weighted by molar-refractivity contribution is -0.135. The molecular formula is C21H16BrNO5. The molecule has 0 aliphatic carbocycles. The molecule has 142 valence electrons. The highest BCUT2D eigenvalue weighted by atomic mass is 79.9. The number of rotatable bonds is 4. The number of Topliss-reactive ketones (excluding diaryl/α,β-unsaturated/α-hetero) is 1. The maximum absolute atomic E-state index is 13.0. The Kier molecular flexibility index (Phi) is 4.61. The predicted molar refractivity (Wildman–Crippen MR) is 106 cm³/mol. The van der Waals surface area contributed by atoms with Gasteiger partial charge in [-0.05, 0) is 36.4 Å². The minimum absolute atomic E-state index is 0.00793. The van der Waals surface area contributed by atoms with Crippen molar-refractivity contribution in [3.63, 3.8) is 0 Å². The Morgan fingerprint density at radius 3 is 2.71 bits per heavy atom. The van der Waals surface area contributed by atoms with Crippen LogP contribution in [0, 0.1) is 12.3 Å². The molecule has 2 heterocycles. The molecule has 7 heteroatoms. The average Bonchev–Trinajstić information content (AvgIpc) is 2.89. The van der Waals surface area contributed by atoms with Gasteiger partial charge in [-0.1, -0.05) is 21.9 Å². The fraction of sp³-hybridized carbons (Fsp3) is 0.238. The van der Waals surface area contributed by atoms with Crippen molar-refractivity contribution < 1.29 is 24.2 Å². The summed E-state index contributed by atoms with van der Waals surface area (Å²) in [4.78, 5) is 27.2. The summed E-state index contributed by atoms with van der Waals surface area (Å²) in [5.74, 6) is 2.46. The van der Waals surface area contributed by atoms with Crippen molar-refractivity contribution in [2.45, 2.75) is 12.0 Å². The topological polar surface area (TPSA) is 76.1 Å².